The van der Waals surface area contributed by atoms with E-state index in [2.05, 4.69) is 15.2 Å². The van der Waals surface area contributed by atoms with Gasteiger partial charge in [-0.1, -0.05) is 11.3 Å². The summed E-state index contributed by atoms with van der Waals surface area (Å²) in [5.74, 6) is 0. The van der Waals surface area contributed by atoms with Crippen molar-refractivity contribution in [3.63, 3.8) is 0 Å². The number of nitrogens with two attached hydrogens (primary N) is 1. The molecule has 7 heteroatoms. The molecular weight excluding hydrogens is 222 g/mol. The number of aromatic nitrogens is 4. The molecule has 0 saturated heterocycles. The van der Waals surface area contributed by atoms with E-state index >= 15 is 0 Å². The minimum Gasteiger partial charge on any atom is -0.324 e. The summed E-state index contributed by atoms with van der Waals surface area (Å²) in [7, 11) is 1.83. The molecule has 0 spiro atoms. The highest BCUT2D eigenvalue weighted by molar-refractivity contribution is 7.14. The first-order valence-corrected chi connectivity index (χ1v) is 5.12. The average molecular weight is 230 g/mol. The number of hydrogen-bond acceptors (Lipinski definition) is 5. The lowest BCUT2D eigenvalue weighted by atomic mass is 10.5. The van der Waals surface area contributed by atoms with Crippen LogP contribution in [0.2, 0.25) is 5.28 Å². The summed E-state index contributed by atoms with van der Waals surface area (Å²) >= 11 is 7.25. The lowest BCUT2D eigenvalue weighted by Crippen LogP contribution is -1.94. The van der Waals surface area contributed by atoms with E-state index in [9.17, 15) is 0 Å². The lowest BCUT2D eigenvalue weighted by Gasteiger charge is -1.96. The average Bonchev–Trinajstić information content (AvgIpc) is 2.75. The van der Waals surface area contributed by atoms with Crippen LogP contribution in [0.15, 0.2) is 6.20 Å². The van der Waals surface area contributed by atoms with E-state index in [4.69, 9.17) is 17.3 Å². The predicted molar refractivity (Wildman–Crippen MR) is 55.0 cm³/mol. The minimum absolute atomic E-state index is 0.406. The number of imidazole rings is 1. The van der Waals surface area contributed by atoms with Crippen LogP contribution in [0.4, 0.5) is 0 Å². The Morgan fingerprint density at radius 3 is 2.86 bits per heavy atom. The predicted octanol–water partition coefficient (Wildman–Crippen LogP) is 1.05. The molecule has 0 unspecified atom stereocenters. The first-order valence-electron chi connectivity index (χ1n) is 3.92. The van der Waals surface area contributed by atoms with Crippen molar-refractivity contribution < 1.29 is 0 Å². The van der Waals surface area contributed by atoms with Crippen LogP contribution >= 0.6 is 22.9 Å². The van der Waals surface area contributed by atoms with Gasteiger partial charge in [0, 0.05) is 13.6 Å². The molecule has 0 aliphatic rings. The molecular formula is C7H8ClN5S. The number of halogens is 1. The summed E-state index contributed by atoms with van der Waals surface area (Å²) < 4.78 is 1.75. The standard InChI is InChI=1S/C7H8ClN5S/c1-13-4(3-10-7(13)8)6-12-11-5(2-9)14-6/h3H,2,9H2,1H3. The molecule has 0 aliphatic carbocycles. The SMILES string of the molecule is Cn1c(-c2nnc(CN)s2)cnc1Cl. The van der Waals surface area contributed by atoms with Gasteiger partial charge in [0.25, 0.3) is 0 Å². The highest BCUT2D eigenvalue weighted by Gasteiger charge is 2.11. The Balaban J connectivity index is 2.44. The molecule has 74 valence electrons. The summed E-state index contributed by atoms with van der Waals surface area (Å²) in [6, 6.07) is 0. The van der Waals surface area contributed by atoms with E-state index in [1.54, 1.807) is 10.8 Å². The normalized spacial score (nSPS) is 10.8. The maximum absolute atomic E-state index is 5.80. The molecule has 2 rings (SSSR count). The van der Waals surface area contributed by atoms with Gasteiger partial charge in [0.2, 0.25) is 5.28 Å². The van der Waals surface area contributed by atoms with Gasteiger partial charge < -0.3 is 10.3 Å². The van der Waals surface area contributed by atoms with Crippen LogP contribution in [0.1, 0.15) is 5.01 Å². The van der Waals surface area contributed by atoms with E-state index in [0.29, 0.717) is 11.8 Å². The van der Waals surface area contributed by atoms with E-state index < -0.39 is 0 Å². The molecule has 2 N–H and O–H groups in total. The Bertz CT molecular complexity index is 449. The highest BCUT2D eigenvalue weighted by Crippen LogP contribution is 2.24. The second-order valence-corrected chi connectivity index (χ2v) is 4.08. The summed E-state index contributed by atoms with van der Waals surface area (Å²) in [4.78, 5) is 3.96. The van der Waals surface area contributed by atoms with E-state index in [1.807, 2.05) is 7.05 Å². The Morgan fingerprint density at radius 1 is 1.57 bits per heavy atom. The van der Waals surface area contributed by atoms with Gasteiger partial charge in [-0.15, -0.1) is 10.2 Å². The zero-order valence-electron chi connectivity index (χ0n) is 7.44. The summed E-state index contributed by atoms with van der Waals surface area (Å²) in [6.07, 6.45) is 1.67. The first kappa shape index (κ1) is 9.57. The van der Waals surface area contributed by atoms with Gasteiger partial charge >= 0.3 is 0 Å². The van der Waals surface area contributed by atoms with E-state index in [-0.39, 0.29) is 0 Å². The first-order chi connectivity index (χ1) is 6.72. The largest absolute Gasteiger partial charge is 0.324 e. The van der Waals surface area contributed by atoms with Gasteiger partial charge in [0.1, 0.15) is 5.01 Å². The van der Waals surface area contributed by atoms with Crippen LogP contribution < -0.4 is 5.73 Å². The maximum atomic E-state index is 5.80. The fraction of sp³-hybridized carbons (Fsp3) is 0.286. The van der Waals surface area contributed by atoms with Gasteiger partial charge in [-0.3, -0.25) is 0 Å². The van der Waals surface area contributed by atoms with Gasteiger partial charge in [-0.2, -0.15) is 0 Å². The molecule has 0 radical (unpaired) electrons. The molecule has 0 bridgehead atoms. The Hall–Kier alpha value is -0.980. The summed E-state index contributed by atoms with van der Waals surface area (Å²) in [6.45, 7) is 0.406. The fourth-order valence-corrected chi connectivity index (χ4v) is 1.93. The third-order valence-corrected chi connectivity index (χ3v) is 3.11. The molecule has 0 aromatic carbocycles. The number of hydrogen-bond donors (Lipinski definition) is 1. The van der Waals surface area contributed by atoms with Crippen LogP contribution in [0, 0.1) is 0 Å². The van der Waals surface area contributed by atoms with Crippen molar-refractivity contribution in [2.75, 3.05) is 0 Å². The Morgan fingerprint density at radius 2 is 2.36 bits per heavy atom. The van der Waals surface area contributed by atoms with Crippen LogP contribution in [0.5, 0.6) is 0 Å². The molecule has 0 saturated carbocycles. The Labute approximate surface area is 89.5 Å². The fourth-order valence-electron chi connectivity index (χ4n) is 1.03. The molecule has 2 aromatic heterocycles. The molecule has 2 aromatic rings. The molecule has 0 fully saturated rings. The van der Waals surface area contributed by atoms with E-state index in [0.717, 1.165) is 15.7 Å². The smallest absolute Gasteiger partial charge is 0.202 e. The van der Waals surface area contributed by atoms with Gasteiger partial charge in [-0.25, -0.2) is 4.98 Å². The lowest BCUT2D eigenvalue weighted by molar-refractivity contribution is 0.910. The van der Waals surface area contributed by atoms with Crippen LogP contribution in [0.3, 0.4) is 0 Å². The third kappa shape index (κ3) is 1.52. The minimum atomic E-state index is 0.406. The van der Waals surface area contributed by atoms with Crippen molar-refractivity contribution in [3.8, 4) is 10.7 Å². The van der Waals surface area contributed by atoms with Crippen molar-refractivity contribution in [1.82, 2.24) is 19.7 Å². The third-order valence-electron chi connectivity index (χ3n) is 1.79. The van der Waals surface area contributed by atoms with Crippen LogP contribution in [-0.2, 0) is 13.6 Å². The zero-order chi connectivity index (χ0) is 10.1. The van der Waals surface area contributed by atoms with Crippen molar-refractivity contribution in [1.29, 1.82) is 0 Å². The van der Waals surface area contributed by atoms with Crippen molar-refractivity contribution >= 4 is 22.9 Å². The molecule has 0 amide bonds. The maximum Gasteiger partial charge on any atom is 0.202 e. The van der Waals surface area contributed by atoms with Crippen LogP contribution in [-0.4, -0.2) is 19.7 Å². The molecule has 14 heavy (non-hydrogen) atoms. The van der Waals surface area contributed by atoms with E-state index in [1.165, 1.54) is 11.3 Å². The van der Waals surface area contributed by atoms with Crippen molar-refractivity contribution in [2.45, 2.75) is 6.54 Å². The second kappa shape index (κ2) is 3.64. The number of nitrogens with zero attached hydrogens (tertiary/aromatic N) is 4. The van der Waals surface area contributed by atoms with Gasteiger partial charge in [0.15, 0.2) is 5.01 Å². The molecule has 5 nitrogen and oxygen atoms in total. The second-order valence-electron chi connectivity index (χ2n) is 2.68. The Kier molecular flexibility index (Phi) is 2.49. The van der Waals surface area contributed by atoms with Gasteiger partial charge in [0.05, 0.1) is 11.9 Å². The van der Waals surface area contributed by atoms with Gasteiger partial charge in [-0.05, 0) is 11.6 Å². The quantitative estimate of drug-likeness (QED) is 0.836. The molecule has 2 heterocycles. The van der Waals surface area contributed by atoms with Crippen molar-refractivity contribution in [3.05, 3.63) is 16.5 Å². The topological polar surface area (TPSA) is 69.6 Å². The monoisotopic (exact) mass is 229 g/mol. The summed E-state index contributed by atoms with van der Waals surface area (Å²) in [5.41, 5.74) is 6.30. The highest BCUT2D eigenvalue weighted by atomic mass is 35.5. The van der Waals surface area contributed by atoms with Crippen molar-refractivity contribution in [2.24, 2.45) is 12.8 Å². The molecule has 0 atom stereocenters. The number of rotatable bonds is 2. The zero-order valence-corrected chi connectivity index (χ0v) is 9.01. The van der Waals surface area contributed by atoms with Crippen LogP contribution in [0.25, 0.3) is 10.7 Å². The summed E-state index contributed by atoms with van der Waals surface area (Å²) in [5, 5.41) is 9.94. The molecule has 0 aliphatic heterocycles.